The highest BCUT2D eigenvalue weighted by Crippen LogP contribution is 2.30. The summed E-state index contributed by atoms with van der Waals surface area (Å²) in [4.78, 5) is 10.4. The number of unbranched alkanes of at least 4 members (excludes halogenated alkanes) is 7. The van der Waals surface area contributed by atoms with Gasteiger partial charge in [0.1, 0.15) is 0 Å². The first kappa shape index (κ1) is 34.5. The summed E-state index contributed by atoms with van der Waals surface area (Å²) in [5.41, 5.74) is 12.8. The zero-order valence-corrected chi connectivity index (χ0v) is 28.3. The summed E-state index contributed by atoms with van der Waals surface area (Å²) in [5.74, 6) is 0. The maximum Gasteiger partial charge on any atom is 0.0639 e. The average Bonchev–Trinajstić information content (AvgIpc) is 3.03. The molecule has 0 unspecified atom stereocenters. The lowest BCUT2D eigenvalue weighted by Gasteiger charge is -2.16. The van der Waals surface area contributed by atoms with E-state index in [0.717, 1.165) is 42.1 Å². The van der Waals surface area contributed by atoms with Gasteiger partial charge in [0, 0.05) is 0 Å². The van der Waals surface area contributed by atoms with Crippen molar-refractivity contribution in [3.63, 3.8) is 0 Å². The Balaban J connectivity index is 1.94. The molecule has 2 heteroatoms. The molecule has 0 saturated carbocycles. The van der Waals surface area contributed by atoms with Crippen LogP contribution in [0.4, 0.5) is 11.4 Å². The summed E-state index contributed by atoms with van der Waals surface area (Å²) in [5, 5.41) is 0. The standard InChI is InChI=1S/C41H58N2/c1-7-12-15-18-24-35-30-37(27-28-40(35)34-22-20-17-21-23-34)42-32(6)41(11-5)43-38-29-33(10-4)39(26-14-9-3)36(31-38)25-19-16-13-8-2/h17,20-23,27-31H,7-16,18-19,24-26H2,1-6H3. The number of hydrogen-bond acceptors (Lipinski definition) is 2. The van der Waals surface area contributed by atoms with Crippen molar-refractivity contribution in [2.24, 2.45) is 9.98 Å². The highest BCUT2D eigenvalue weighted by atomic mass is 14.8. The number of hydrogen-bond donors (Lipinski definition) is 0. The third-order valence-corrected chi connectivity index (χ3v) is 8.67. The van der Waals surface area contributed by atoms with Crippen molar-refractivity contribution in [1.29, 1.82) is 0 Å². The second-order valence-electron chi connectivity index (χ2n) is 12.1. The van der Waals surface area contributed by atoms with E-state index in [1.807, 2.05) is 0 Å². The van der Waals surface area contributed by atoms with Crippen molar-refractivity contribution in [3.8, 4) is 11.1 Å². The van der Waals surface area contributed by atoms with Gasteiger partial charge < -0.3 is 0 Å². The highest BCUT2D eigenvalue weighted by molar-refractivity contribution is 6.42. The third kappa shape index (κ3) is 10.9. The first-order chi connectivity index (χ1) is 21.0. The second-order valence-corrected chi connectivity index (χ2v) is 12.1. The fourth-order valence-electron chi connectivity index (χ4n) is 6.13. The minimum absolute atomic E-state index is 0.867. The molecule has 0 heterocycles. The molecular weight excluding hydrogens is 520 g/mol. The Hall–Kier alpha value is -3.00. The zero-order chi connectivity index (χ0) is 30.9. The van der Waals surface area contributed by atoms with Crippen LogP contribution in [0.15, 0.2) is 70.6 Å². The quantitative estimate of drug-likeness (QED) is 0.0998. The molecule has 0 radical (unpaired) electrons. The van der Waals surface area contributed by atoms with Gasteiger partial charge in [-0.2, -0.15) is 0 Å². The lowest BCUT2D eigenvalue weighted by molar-refractivity contribution is 0.661. The van der Waals surface area contributed by atoms with Gasteiger partial charge in [-0.1, -0.05) is 116 Å². The Bertz CT molecular complexity index is 1300. The Morgan fingerprint density at radius 2 is 1.19 bits per heavy atom. The number of aliphatic imine (C=N–C) groups is 2. The summed E-state index contributed by atoms with van der Waals surface area (Å²) in [6.07, 6.45) is 18.1. The van der Waals surface area contributed by atoms with E-state index in [0.29, 0.717) is 0 Å². The van der Waals surface area contributed by atoms with E-state index < -0.39 is 0 Å². The van der Waals surface area contributed by atoms with E-state index in [1.165, 1.54) is 105 Å². The van der Waals surface area contributed by atoms with Gasteiger partial charge >= 0.3 is 0 Å². The molecule has 0 aliphatic heterocycles. The molecule has 0 N–H and O–H groups in total. The summed E-state index contributed by atoms with van der Waals surface area (Å²) in [6, 6.07) is 22.3. The third-order valence-electron chi connectivity index (χ3n) is 8.67. The molecule has 2 nitrogen and oxygen atoms in total. The van der Waals surface area contributed by atoms with Crippen LogP contribution in [0.1, 0.15) is 134 Å². The molecule has 0 atom stereocenters. The molecule has 0 spiro atoms. The minimum atomic E-state index is 0.867. The second kappa shape index (κ2) is 19.3. The normalized spacial score (nSPS) is 12.2. The Labute approximate surface area is 264 Å². The van der Waals surface area contributed by atoms with Crippen LogP contribution < -0.4 is 0 Å². The van der Waals surface area contributed by atoms with Crippen LogP contribution >= 0.6 is 0 Å². The summed E-state index contributed by atoms with van der Waals surface area (Å²) < 4.78 is 0. The van der Waals surface area contributed by atoms with Gasteiger partial charge in [0.25, 0.3) is 0 Å². The minimum Gasteiger partial charge on any atom is -0.252 e. The van der Waals surface area contributed by atoms with Crippen LogP contribution in [0.3, 0.4) is 0 Å². The number of aryl methyl sites for hydroxylation is 3. The van der Waals surface area contributed by atoms with Crippen molar-refractivity contribution < 1.29 is 0 Å². The van der Waals surface area contributed by atoms with Crippen LogP contribution in [0.2, 0.25) is 0 Å². The molecule has 0 aliphatic rings. The molecule has 0 aromatic heterocycles. The van der Waals surface area contributed by atoms with Gasteiger partial charge in [0.05, 0.1) is 22.8 Å². The Morgan fingerprint density at radius 3 is 1.81 bits per heavy atom. The predicted octanol–water partition coefficient (Wildman–Crippen LogP) is 12.8. The number of benzene rings is 3. The maximum absolute atomic E-state index is 5.25. The van der Waals surface area contributed by atoms with Crippen molar-refractivity contribution in [2.75, 3.05) is 0 Å². The number of nitrogens with zero attached hydrogens (tertiary/aromatic N) is 2. The van der Waals surface area contributed by atoms with Crippen molar-refractivity contribution in [1.82, 2.24) is 0 Å². The maximum atomic E-state index is 5.25. The first-order valence-corrected chi connectivity index (χ1v) is 17.5. The van der Waals surface area contributed by atoms with E-state index in [4.69, 9.17) is 9.98 Å². The van der Waals surface area contributed by atoms with Crippen molar-refractivity contribution in [2.45, 2.75) is 138 Å². The number of rotatable bonds is 19. The van der Waals surface area contributed by atoms with Crippen LogP contribution in [0, 0.1) is 0 Å². The molecular formula is C41H58N2. The van der Waals surface area contributed by atoms with Gasteiger partial charge in [-0.15, -0.1) is 0 Å². The average molecular weight is 579 g/mol. The van der Waals surface area contributed by atoms with Gasteiger partial charge in [-0.05, 0) is 116 Å². The van der Waals surface area contributed by atoms with Gasteiger partial charge in [-0.25, -0.2) is 0 Å². The van der Waals surface area contributed by atoms with Crippen LogP contribution in [-0.2, 0) is 25.7 Å². The van der Waals surface area contributed by atoms with E-state index in [-0.39, 0.29) is 0 Å². The zero-order valence-electron chi connectivity index (χ0n) is 28.3. The smallest absolute Gasteiger partial charge is 0.0639 e. The predicted molar refractivity (Wildman–Crippen MR) is 192 cm³/mol. The molecule has 3 aromatic carbocycles. The Kier molecular flexibility index (Phi) is 15.5. The Morgan fingerprint density at radius 1 is 0.558 bits per heavy atom. The molecule has 0 amide bonds. The summed E-state index contributed by atoms with van der Waals surface area (Å²) >= 11 is 0. The molecule has 0 aliphatic carbocycles. The van der Waals surface area contributed by atoms with Crippen LogP contribution in [-0.4, -0.2) is 11.4 Å². The van der Waals surface area contributed by atoms with E-state index in [9.17, 15) is 0 Å². The lowest BCUT2D eigenvalue weighted by atomic mass is 9.91. The van der Waals surface area contributed by atoms with E-state index >= 15 is 0 Å². The van der Waals surface area contributed by atoms with E-state index in [2.05, 4.69) is 102 Å². The fourth-order valence-corrected chi connectivity index (χ4v) is 6.13. The fraction of sp³-hybridized carbons (Fsp3) is 0.512. The van der Waals surface area contributed by atoms with Crippen LogP contribution in [0.5, 0.6) is 0 Å². The van der Waals surface area contributed by atoms with Crippen molar-refractivity contribution in [3.05, 3.63) is 82.9 Å². The van der Waals surface area contributed by atoms with Gasteiger partial charge in [-0.3, -0.25) is 9.98 Å². The van der Waals surface area contributed by atoms with Crippen LogP contribution in [0.25, 0.3) is 11.1 Å². The SMILES string of the molecule is CCCCCCc1cc(N=C(C)C(CC)=Nc2cc(CC)c(CCCC)c(CCCCCC)c2)ccc1-c1ccccc1. The monoisotopic (exact) mass is 578 g/mol. The highest BCUT2D eigenvalue weighted by Gasteiger charge is 2.12. The van der Waals surface area contributed by atoms with Crippen molar-refractivity contribution >= 4 is 22.8 Å². The first-order valence-electron chi connectivity index (χ1n) is 17.5. The molecule has 3 rings (SSSR count). The molecule has 43 heavy (non-hydrogen) atoms. The summed E-state index contributed by atoms with van der Waals surface area (Å²) in [7, 11) is 0. The summed E-state index contributed by atoms with van der Waals surface area (Å²) in [6.45, 7) is 13.5. The largest absolute Gasteiger partial charge is 0.252 e. The van der Waals surface area contributed by atoms with Gasteiger partial charge in [0.2, 0.25) is 0 Å². The molecule has 232 valence electrons. The molecule has 0 bridgehead atoms. The van der Waals surface area contributed by atoms with Gasteiger partial charge in [0.15, 0.2) is 0 Å². The van der Waals surface area contributed by atoms with E-state index in [1.54, 1.807) is 5.56 Å². The molecule has 3 aromatic rings. The lowest BCUT2D eigenvalue weighted by Crippen LogP contribution is -2.09. The topological polar surface area (TPSA) is 24.7 Å². The molecule has 0 saturated heterocycles. The molecule has 0 fully saturated rings.